The number of ether oxygens (including phenoxy) is 3. The van der Waals surface area contributed by atoms with Crippen molar-refractivity contribution in [1.29, 1.82) is 0 Å². The molecular weight excluding hydrogens is 811 g/mol. The number of non-ortho nitro benzene ring substituents is 1. The fraction of sp³-hybridized carbons (Fsp3) is 0.423. The number of rotatable bonds is 22. The number of oxime groups is 1. The highest BCUT2D eigenvalue weighted by Crippen LogP contribution is 2.62. The maximum absolute atomic E-state index is 15.1. The summed E-state index contributed by atoms with van der Waals surface area (Å²) < 4.78 is 20.8. The quantitative estimate of drug-likeness (QED) is 0.0340. The van der Waals surface area contributed by atoms with E-state index in [0.29, 0.717) is 43.2 Å². The maximum atomic E-state index is 15.1. The molecule has 336 valence electrons. The molecule has 3 aliphatic carbocycles. The molecule has 2 fully saturated rings. The van der Waals surface area contributed by atoms with Gasteiger partial charge in [0.25, 0.3) is 5.69 Å². The largest absolute Gasteiger partial charge is 0.490 e. The molecule has 8 rings (SSSR count). The summed E-state index contributed by atoms with van der Waals surface area (Å²) in [5.74, 6) is -0.754. The minimum atomic E-state index is -1.40. The van der Waals surface area contributed by atoms with Gasteiger partial charge in [0.05, 0.1) is 23.2 Å². The van der Waals surface area contributed by atoms with Crippen LogP contribution in [0.15, 0.2) is 127 Å². The minimum absolute atomic E-state index is 0.0116. The summed E-state index contributed by atoms with van der Waals surface area (Å²) in [6.07, 6.45) is 12.2. The molecule has 6 unspecified atom stereocenters. The molecule has 12 nitrogen and oxygen atoms in total. The lowest BCUT2D eigenvalue weighted by molar-refractivity contribution is -0.384. The number of aliphatic hydroxyl groups excluding tert-OH is 2. The van der Waals surface area contributed by atoms with Crippen LogP contribution in [0.5, 0.6) is 11.5 Å². The number of benzene rings is 4. The predicted octanol–water partition coefficient (Wildman–Crippen LogP) is 9.59. The molecule has 4 aliphatic rings. The van der Waals surface area contributed by atoms with Gasteiger partial charge in [-0.15, -0.1) is 6.58 Å². The van der Waals surface area contributed by atoms with Gasteiger partial charge in [0.15, 0.2) is 0 Å². The van der Waals surface area contributed by atoms with Gasteiger partial charge in [-0.1, -0.05) is 85.3 Å². The van der Waals surface area contributed by atoms with Crippen LogP contribution in [0.4, 0.5) is 5.69 Å². The number of nitrogens with zero attached hydrogens (tertiary/aromatic N) is 3. The number of hydrogen-bond acceptors (Lipinski definition) is 10. The van der Waals surface area contributed by atoms with Crippen LogP contribution < -0.4 is 9.47 Å². The molecule has 0 saturated heterocycles. The lowest BCUT2D eigenvalue weighted by atomic mass is 9.55. The van der Waals surface area contributed by atoms with E-state index < -0.39 is 22.7 Å². The second-order valence-corrected chi connectivity index (χ2v) is 17.4. The van der Waals surface area contributed by atoms with Crippen LogP contribution in [0, 0.1) is 33.8 Å². The number of nitro benzene ring substituents is 1. The Kier molecular flexibility index (Phi) is 14.2. The third kappa shape index (κ3) is 9.36. The Morgan fingerprint density at radius 2 is 1.69 bits per heavy atom. The number of carbonyl (C=O) groups is 1. The molecule has 1 aliphatic heterocycles. The zero-order valence-electron chi connectivity index (χ0n) is 36.4. The van der Waals surface area contributed by atoms with Crippen LogP contribution in [0.1, 0.15) is 80.4 Å². The van der Waals surface area contributed by atoms with Crippen LogP contribution in [-0.2, 0) is 27.5 Å². The summed E-state index contributed by atoms with van der Waals surface area (Å²) in [7, 11) is 0. The molecule has 4 aromatic carbocycles. The molecule has 64 heavy (non-hydrogen) atoms. The number of nitro groups is 1. The molecule has 2 N–H and O–H groups in total. The minimum Gasteiger partial charge on any atom is -0.490 e. The van der Waals surface area contributed by atoms with Gasteiger partial charge >= 0.3 is 0 Å². The van der Waals surface area contributed by atoms with Crippen LogP contribution in [0.25, 0.3) is 10.8 Å². The average Bonchev–Trinajstić information content (AvgIpc) is 4.17. The molecule has 0 radical (unpaired) electrons. The fourth-order valence-electron chi connectivity index (χ4n) is 10.3. The molecular formula is C52H59N3O9. The molecule has 1 heterocycles. The highest BCUT2D eigenvalue weighted by atomic mass is 16.7. The summed E-state index contributed by atoms with van der Waals surface area (Å²) in [5.41, 5.74) is 4.29. The number of carbonyl (C=O) groups excluding carboxylic acids is 1. The van der Waals surface area contributed by atoms with Crippen molar-refractivity contribution in [2.75, 3.05) is 26.4 Å². The summed E-state index contributed by atoms with van der Waals surface area (Å²) in [5, 5.41) is 38.4. The van der Waals surface area contributed by atoms with E-state index in [4.69, 9.17) is 24.2 Å². The summed E-state index contributed by atoms with van der Waals surface area (Å²) in [6, 6.07) is 25.9. The van der Waals surface area contributed by atoms with Crippen LogP contribution >= 0.6 is 0 Å². The van der Waals surface area contributed by atoms with Gasteiger partial charge in [-0.05, 0) is 108 Å². The normalized spacial score (nSPS) is 23.9. The zero-order chi connectivity index (χ0) is 44.6. The first-order valence-corrected chi connectivity index (χ1v) is 22.7. The third-order valence-corrected chi connectivity index (χ3v) is 13.4. The van der Waals surface area contributed by atoms with E-state index in [0.717, 1.165) is 71.6 Å². The number of hydrogen-bond donors (Lipinski definition) is 2. The van der Waals surface area contributed by atoms with Crippen molar-refractivity contribution in [2.45, 2.75) is 88.7 Å². The summed E-state index contributed by atoms with van der Waals surface area (Å²) in [6.45, 7) is 8.97. The van der Waals surface area contributed by atoms with Gasteiger partial charge in [-0.25, -0.2) is 0 Å². The van der Waals surface area contributed by atoms with E-state index >= 15 is 4.79 Å². The first kappa shape index (κ1) is 44.8. The highest BCUT2D eigenvalue weighted by Gasteiger charge is 2.66. The Balaban J connectivity index is 1.33. The van der Waals surface area contributed by atoms with Crippen LogP contribution in [-0.4, -0.2) is 69.9 Å². The fourth-order valence-corrected chi connectivity index (χ4v) is 10.3. The van der Waals surface area contributed by atoms with Gasteiger partial charge in [0, 0.05) is 55.7 Å². The van der Waals surface area contributed by atoms with Crippen molar-refractivity contribution < 1.29 is 39.0 Å². The average molecular weight is 870 g/mol. The van der Waals surface area contributed by atoms with Gasteiger partial charge in [0.1, 0.15) is 30.8 Å². The zero-order valence-corrected chi connectivity index (χ0v) is 36.4. The van der Waals surface area contributed by atoms with Crippen LogP contribution in [0.3, 0.4) is 0 Å². The second kappa shape index (κ2) is 20.3. The highest BCUT2D eigenvalue weighted by molar-refractivity contribution is 6.03. The molecule has 0 aromatic heterocycles. The van der Waals surface area contributed by atoms with Crippen molar-refractivity contribution >= 4 is 28.1 Å². The molecule has 4 aromatic rings. The van der Waals surface area contributed by atoms with Gasteiger partial charge in [0.2, 0.25) is 11.7 Å². The van der Waals surface area contributed by atoms with Crippen molar-refractivity contribution in [2.24, 2.45) is 28.8 Å². The van der Waals surface area contributed by atoms with E-state index in [1.54, 1.807) is 24.3 Å². The smallest absolute Gasteiger partial charge is 0.269 e. The Morgan fingerprint density at radius 1 is 0.938 bits per heavy atom. The first-order valence-electron chi connectivity index (χ1n) is 22.7. The molecule has 0 bridgehead atoms. The van der Waals surface area contributed by atoms with Crippen molar-refractivity contribution in [3.8, 4) is 11.5 Å². The van der Waals surface area contributed by atoms with Crippen molar-refractivity contribution in [1.82, 2.24) is 4.90 Å². The Labute approximate surface area is 375 Å². The summed E-state index contributed by atoms with van der Waals surface area (Å²) >= 11 is 0. The standard InChI is InChI=1S/C52H59N3O9/c1-3-28-61-41-24-25-47-45(31-41)49-43(17-8-10-27-57)38(13-7-9-26-56)30-44-46(53-63-34-35-18-22-40(23-19-35)55(59)60)32-48(52(64-47,50(44)49)62-29-4-2)54(51(58)37-20-21-37)33-39-15-11-14-36-12-5-6-16-42(36)39/h3-6,11-12,14-16,18-19,22-25,30-31,37-38,43,48-50,56-57H,1-2,7-10,13,17,20-21,26-29,32-34H2. The van der Waals surface area contributed by atoms with Crippen molar-refractivity contribution in [3.05, 3.63) is 149 Å². The van der Waals surface area contributed by atoms with Gasteiger partial charge < -0.3 is 34.2 Å². The molecule has 2 saturated carbocycles. The van der Waals surface area contributed by atoms with Gasteiger partial charge in [-0.3, -0.25) is 14.9 Å². The Bertz CT molecular complexity index is 2370. The monoisotopic (exact) mass is 869 g/mol. The lowest BCUT2D eigenvalue weighted by Crippen LogP contribution is -2.70. The topological polar surface area (TPSA) is 153 Å². The third-order valence-electron chi connectivity index (χ3n) is 13.4. The van der Waals surface area contributed by atoms with Crippen molar-refractivity contribution in [3.63, 3.8) is 0 Å². The molecule has 0 spiro atoms. The number of allylic oxidation sites excluding steroid dienone is 1. The number of aliphatic hydroxyl groups is 2. The predicted molar refractivity (Wildman–Crippen MR) is 246 cm³/mol. The maximum Gasteiger partial charge on any atom is 0.269 e. The molecule has 1 amide bonds. The van der Waals surface area contributed by atoms with E-state index in [2.05, 4.69) is 49.6 Å². The number of fused-ring (bicyclic) bond motifs is 3. The van der Waals surface area contributed by atoms with E-state index in [1.165, 1.54) is 12.1 Å². The van der Waals surface area contributed by atoms with E-state index in [1.807, 2.05) is 35.2 Å². The van der Waals surface area contributed by atoms with E-state index in [9.17, 15) is 20.3 Å². The number of amides is 1. The molecule has 6 atom stereocenters. The second-order valence-electron chi connectivity index (χ2n) is 17.4. The summed E-state index contributed by atoms with van der Waals surface area (Å²) in [4.78, 5) is 34.3. The van der Waals surface area contributed by atoms with E-state index in [-0.39, 0.29) is 68.1 Å². The van der Waals surface area contributed by atoms with Gasteiger partial charge in [-0.2, -0.15) is 0 Å². The SMILES string of the molecule is C=CCOc1ccc2c(c1)C1C(CCCCO)C(CCCCO)C=C3C(=NOCc4ccc([N+](=O)[O-])cc4)CC(N(Cc4cccc5ccccc45)C(=O)C4CC4)C(OCC=C)(O2)C31. The number of unbranched alkanes of at least 4 members (excludes halogenated alkanes) is 2. The van der Waals surface area contributed by atoms with Crippen LogP contribution in [0.2, 0.25) is 0 Å². The Morgan fingerprint density at radius 3 is 2.42 bits per heavy atom. The first-order chi connectivity index (χ1) is 31.3. The Hall–Kier alpha value is -5.82. The molecule has 12 heteroatoms. The lowest BCUT2D eigenvalue weighted by Gasteiger charge is -2.60.